The van der Waals surface area contributed by atoms with Crippen molar-refractivity contribution in [1.82, 2.24) is 14.6 Å². The van der Waals surface area contributed by atoms with Gasteiger partial charge < -0.3 is 10.1 Å². The van der Waals surface area contributed by atoms with Gasteiger partial charge in [0, 0.05) is 26.0 Å². The van der Waals surface area contributed by atoms with Crippen molar-refractivity contribution in [3.63, 3.8) is 0 Å². The van der Waals surface area contributed by atoms with E-state index in [9.17, 15) is 0 Å². The van der Waals surface area contributed by atoms with Gasteiger partial charge in [0.1, 0.15) is 0 Å². The summed E-state index contributed by atoms with van der Waals surface area (Å²) in [5.74, 6) is 1.32. The smallest absolute Gasteiger partial charge is 0.243 e. The van der Waals surface area contributed by atoms with Gasteiger partial charge in [-0.1, -0.05) is 11.6 Å². The van der Waals surface area contributed by atoms with Crippen LogP contribution in [0.15, 0.2) is 18.3 Å². The molecule has 1 aliphatic heterocycles. The molecule has 0 saturated carbocycles. The lowest BCUT2D eigenvalue weighted by molar-refractivity contribution is 0.185. The molecule has 0 aromatic carbocycles. The summed E-state index contributed by atoms with van der Waals surface area (Å²) in [6, 6.07) is 3.66. The molecule has 18 heavy (non-hydrogen) atoms. The molecule has 0 radical (unpaired) electrons. The Balaban J connectivity index is 1.60. The van der Waals surface area contributed by atoms with Crippen molar-refractivity contribution in [2.75, 3.05) is 25.1 Å². The molecule has 1 saturated heterocycles. The van der Waals surface area contributed by atoms with Gasteiger partial charge >= 0.3 is 0 Å². The minimum absolute atomic E-state index is 0.649. The van der Waals surface area contributed by atoms with Gasteiger partial charge in [0.15, 0.2) is 5.65 Å². The van der Waals surface area contributed by atoms with E-state index in [0.29, 0.717) is 16.9 Å². The summed E-state index contributed by atoms with van der Waals surface area (Å²) in [6.07, 6.45) is 4.01. The molecule has 6 heteroatoms. The number of rotatable bonds is 4. The predicted molar refractivity (Wildman–Crippen MR) is 70.0 cm³/mol. The van der Waals surface area contributed by atoms with Crippen molar-refractivity contribution in [3.8, 4) is 0 Å². The van der Waals surface area contributed by atoms with Gasteiger partial charge in [-0.05, 0) is 30.9 Å². The van der Waals surface area contributed by atoms with Gasteiger partial charge in [-0.3, -0.25) is 0 Å². The Bertz CT molecular complexity index is 536. The first-order chi connectivity index (χ1) is 8.81. The number of hydrogen-bond acceptors (Lipinski definition) is 4. The predicted octanol–water partition coefficient (Wildman–Crippen LogP) is 2.22. The molecule has 0 bridgehead atoms. The second-order valence-corrected chi connectivity index (χ2v) is 4.97. The second-order valence-electron chi connectivity index (χ2n) is 4.53. The highest BCUT2D eigenvalue weighted by Gasteiger charge is 2.15. The van der Waals surface area contributed by atoms with Crippen molar-refractivity contribution < 1.29 is 4.74 Å². The molecule has 2 aromatic rings. The summed E-state index contributed by atoms with van der Waals surface area (Å²) in [7, 11) is 0. The number of nitrogens with one attached hydrogen (secondary N) is 1. The van der Waals surface area contributed by atoms with E-state index in [4.69, 9.17) is 16.3 Å². The first kappa shape index (κ1) is 11.7. The van der Waals surface area contributed by atoms with Crippen LogP contribution in [-0.2, 0) is 4.74 Å². The minimum Gasteiger partial charge on any atom is -0.381 e. The van der Waals surface area contributed by atoms with E-state index in [1.165, 1.54) is 0 Å². The van der Waals surface area contributed by atoms with Crippen LogP contribution in [0, 0.1) is 5.92 Å². The van der Waals surface area contributed by atoms with Gasteiger partial charge in [-0.15, -0.1) is 5.10 Å². The number of hydrogen-bond donors (Lipinski definition) is 1. The Morgan fingerprint density at radius 3 is 3.28 bits per heavy atom. The number of ether oxygens (including phenoxy) is 1. The van der Waals surface area contributed by atoms with Crippen LogP contribution < -0.4 is 5.32 Å². The number of nitrogens with zero attached hydrogens (tertiary/aromatic N) is 3. The van der Waals surface area contributed by atoms with Crippen LogP contribution in [0.2, 0.25) is 5.02 Å². The van der Waals surface area contributed by atoms with Crippen LogP contribution in [0.4, 0.5) is 5.95 Å². The van der Waals surface area contributed by atoms with Crippen LogP contribution in [0.25, 0.3) is 5.65 Å². The van der Waals surface area contributed by atoms with Crippen molar-refractivity contribution in [2.45, 2.75) is 12.8 Å². The highest BCUT2D eigenvalue weighted by molar-refractivity contribution is 6.30. The molecule has 3 heterocycles. The average molecular weight is 267 g/mol. The molecule has 1 unspecified atom stereocenters. The van der Waals surface area contributed by atoms with Gasteiger partial charge in [0.25, 0.3) is 0 Å². The fourth-order valence-electron chi connectivity index (χ4n) is 2.13. The molecular formula is C12H15ClN4O. The maximum atomic E-state index is 5.90. The number of fused-ring (bicyclic) bond motifs is 1. The monoisotopic (exact) mass is 266 g/mol. The molecule has 1 atom stereocenters. The normalized spacial score (nSPS) is 19.5. The summed E-state index contributed by atoms with van der Waals surface area (Å²) in [5, 5.41) is 8.21. The van der Waals surface area contributed by atoms with E-state index in [1.807, 2.05) is 12.1 Å². The molecule has 1 fully saturated rings. The quantitative estimate of drug-likeness (QED) is 0.922. The largest absolute Gasteiger partial charge is 0.381 e. The summed E-state index contributed by atoms with van der Waals surface area (Å²) >= 11 is 5.90. The number of aromatic nitrogens is 3. The van der Waals surface area contributed by atoms with Crippen LogP contribution in [-0.4, -0.2) is 34.4 Å². The minimum atomic E-state index is 0.649. The fourth-order valence-corrected chi connectivity index (χ4v) is 2.29. The van der Waals surface area contributed by atoms with E-state index >= 15 is 0 Å². The van der Waals surface area contributed by atoms with Crippen molar-refractivity contribution in [3.05, 3.63) is 23.4 Å². The van der Waals surface area contributed by atoms with E-state index in [0.717, 1.165) is 38.2 Å². The zero-order valence-corrected chi connectivity index (χ0v) is 10.7. The van der Waals surface area contributed by atoms with Crippen molar-refractivity contribution >= 4 is 23.2 Å². The topological polar surface area (TPSA) is 51.5 Å². The number of anilines is 1. The average Bonchev–Trinajstić information content (AvgIpc) is 2.97. The first-order valence-electron chi connectivity index (χ1n) is 6.15. The van der Waals surface area contributed by atoms with E-state index in [2.05, 4.69) is 15.4 Å². The Labute approximate surface area is 110 Å². The first-order valence-corrected chi connectivity index (χ1v) is 6.52. The molecular weight excluding hydrogens is 252 g/mol. The third-order valence-electron chi connectivity index (χ3n) is 3.15. The summed E-state index contributed by atoms with van der Waals surface area (Å²) in [6.45, 7) is 2.66. The Kier molecular flexibility index (Phi) is 3.34. The van der Waals surface area contributed by atoms with E-state index < -0.39 is 0 Å². The molecule has 1 aliphatic rings. The van der Waals surface area contributed by atoms with Crippen LogP contribution in [0.3, 0.4) is 0 Å². The molecule has 2 aromatic heterocycles. The molecule has 1 N–H and O–H groups in total. The van der Waals surface area contributed by atoms with Gasteiger partial charge in [0.05, 0.1) is 5.02 Å². The summed E-state index contributed by atoms with van der Waals surface area (Å²) in [4.78, 5) is 4.37. The van der Waals surface area contributed by atoms with Gasteiger partial charge in [-0.2, -0.15) is 4.98 Å². The second kappa shape index (κ2) is 5.12. The van der Waals surface area contributed by atoms with Crippen molar-refractivity contribution in [2.24, 2.45) is 5.92 Å². The van der Waals surface area contributed by atoms with Crippen LogP contribution in [0.5, 0.6) is 0 Å². The maximum Gasteiger partial charge on any atom is 0.243 e. The molecule has 0 aliphatic carbocycles. The van der Waals surface area contributed by atoms with Gasteiger partial charge in [-0.25, -0.2) is 4.52 Å². The molecule has 96 valence electrons. The molecule has 0 spiro atoms. The van der Waals surface area contributed by atoms with Gasteiger partial charge in [0.2, 0.25) is 5.95 Å². The Morgan fingerprint density at radius 1 is 1.50 bits per heavy atom. The number of pyridine rings is 1. The van der Waals surface area contributed by atoms with Crippen LogP contribution >= 0.6 is 11.6 Å². The highest BCUT2D eigenvalue weighted by Crippen LogP contribution is 2.16. The lowest BCUT2D eigenvalue weighted by Gasteiger charge is -2.06. The fraction of sp³-hybridized carbons (Fsp3) is 0.500. The lowest BCUT2D eigenvalue weighted by atomic mass is 10.1. The SMILES string of the molecule is Clc1ccc2nc(NCCC3CCOC3)nn2c1. The number of halogens is 1. The van der Waals surface area contributed by atoms with Crippen molar-refractivity contribution in [1.29, 1.82) is 0 Å². The molecule has 0 amide bonds. The van der Waals surface area contributed by atoms with Crippen LogP contribution in [0.1, 0.15) is 12.8 Å². The standard InChI is InChI=1S/C12H15ClN4O/c13-10-1-2-11-15-12(16-17(11)7-10)14-5-3-9-4-6-18-8-9/h1-2,7,9H,3-6,8H2,(H,14,16). The third-order valence-corrected chi connectivity index (χ3v) is 3.38. The molecule has 3 rings (SSSR count). The van der Waals surface area contributed by atoms with E-state index in [1.54, 1.807) is 10.7 Å². The van der Waals surface area contributed by atoms with E-state index in [-0.39, 0.29) is 0 Å². The lowest BCUT2D eigenvalue weighted by Crippen LogP contribution is -2.09. The third kappa shape index (κ3) is 2.57. The molecule has 5 nitrogen and oxygen atoms in total. The highest BCUT2D eigenvalue weighted by atomic mass is 35.5. The zero-order valence-electron chi connectivity index (χ0n) is 9.97. The zero-order chi connectivity index (χ0) is 12.4. The summed E-state index contributed by atoms with van der Waals surface area (Å²) in [5.41, 5.74) is 0.797. The Morgan fingerprint density at radius 2 is 2.44 bits per heavy atom. The summed E-state index contributed by atoms with van der Waals surface area (Å²) < 4.78 is 7.03. The maximum absolute atomic E-state index is 5.90. The Hall–Kier alpha value is -1.33.